The summed E-state index contributed by atoms with van der Waals surface area (Å²) in [6.07, 6.45) is 11.6. The van der Waals surface area contributed by atoms with Gasteiger partial charge in [-0.2, -0.15) is 0 Å². The van der Waals surface area contributed by atoms with Gasteiger partial charge < -0.3 is 37.9 Å². The van der Waals surface area contributed by atoms with Crippen molar-refractivity contribution in [3.63, 3.8) is 0 Å². The van der Waals surface area contributed by atoms with Gasteiger partial charge in [0.15, 0.2) is 0 Å². The summed E-state index contributed by atoms with van der Waals surface area (Å²) in [7, 11) is 0. The molecule has 0 heterocycles. The third-order valence-electron chi connectivity index (χ3n) is 5.43. The lowest BCUT2D eigenvalue weighted by molar-refractivity contribution is -0.145. The van der Waals surface area contributed by atoms with E-state index >= 15 is 0 Å². The van der Waals surface area contributed by atoms with Gasteiger partial charge in [-0.05, 0) is 6.42 Å². The zero-order valence-corrected chi connectivity index (χ0v) is 24.7. The number of alkyl halides is 1. The van der Waals surface area contributed by atoms with Crippen LogP contribution in [0.4, 0.5) is 0 Å². The maximum atomic E-state index is 11.7. The van der Waals surface area contributed by atoms with E-state index in [-0.39, 0.29) is 5.97 Å². The fourth-order valence-electron chi connectivity index (χ4n) is 3.34. The highest BCUT2D eigenvalue weighted by molar-refractivity contribution is 6.17. The van der Waals surface area contributed by atoms with Crippen LogP contribution in [0.2, 0.25) is 0 Å². The van der Waals surface area contributed by atoms with Crippen LogP contribution in [0.3, 0.4) is 0 Å². The molecule has 0 amide bonds. The number of carbonyl (C=O) groups is 1. The van der Waals surface area contributed by atoms with Crippen LogP contribution in [0.25, 0.3) is 0 Å². The maximum absolute atomic E-state index is 11.7. The first kappa shape index (κ1) is 37.5. The first-order chi connectivity index (χ1) is 18.8. The molecule has 10 heteroatoms. The molecule has 38 heavy (non-hydrogen) atoms. The summed E-state index contributed by atoms with van der Waals surface area (Å²) >= 11 is 5.50. The normalized spacial score (nSPS) is 11.3. The predicted octanol–water partition coefficient (Wildman–Crippen LogP) is 4.81. The summed E-state index contributed by atoms with van der Waals surface area (Å²) < 4.78 is 42.9. The minimum Gasteiger partial charge on any atom is -0.463 e. The molecule has 0 aliphatic rings. The molecule has 0 saturated carbocycles. The quantitative estimate of drug-likeness (QED) is 0.0626. The third kappa shape index (κ3) is 33.5. The van der Waals surface area contributed by atoms with Gasteiger partial charge in [0.25, 0.3) is 0 Å². The van der Waals surface area contributed by atoms with Crippen molar-refractivity contribution in [1.82, 2.24) is 0 Å². The molecule has 0 aliphatic carbocycles. The Morgan fingerprint density at radius 2 is 0.763 bits per heavy atom. The largest absolute Gasteiger partial charge is 0.463 e. The van der Waals surface area contributed by atoms with E-state index in [1.807, 2.05) is 0 Å². The van der Waals surface area contributed by atoms with Gasteiger partial charge in [0.1, 0.15) is 6.61 Å². The van der Waals surface area contributed by atoms with Crippen molar-refractivity contribution < 1.29 is 42.7 Å². The predicted molar refractivity (Wildman–Crippen MR) is 149 cm³/mol. The first-order valence-electron chi connectivity index (χ1n) is 14.6. The number of hydrogen-bond acceptors (Lipinski definition) is 9. The molecule has 0 N–H and O–H groups in total. The van der Waals surface area contributed by atoms with Crippen molar-refractivity contribution in [3.05, 3.63) is 0 Å². The summed E-state index contributed by atoms with van der Waals surface area (Å²) in [6, 6.07) is 0. The van der Waals surface area contributed by atoms with Crippen molar-refractivity contribution in [1.29, 1.82) is 0 Å². The summed E-state index contributed by atoms with van der Waals surface area (Å²) in [4.78, 5) is 11.7. The van der Waals surface area contributed by atoms with Crippen LogP contribution in [0.5, 0.6) is 0 Å². The Bertz CT molecular complexity index is 458. The van der Waals surface area contributed by atoms with E-state index in [2.05, 4.69) is 6.92 Å². The smallest absolute Gasteiger partial charge is 0.305 e. The van der Waals surface area contributed by atoms with Crippen molar-refractivity contribution in [3.8, 4) is 0 Å². The second-order valence-corrected chi connectivity index (χ2v) is 9.15. The topological polar surface area (TPSA) is 90.9 Å². The van der Waals surface area contributed by atoms with Gasteiger partial charge in [-0.25, -0.2) is 0 Å². The van der Waals surface area contributed by atoms with Crippen LogP contribution in [-0.2, 0) is 42.7 Å². The number of ether oxygens (including phenoxy) is 8. The zero-order chi connectivity index (χ0) is 27.6. The van der Waals surface area contributed by atoms with Crippen LogP contribution in [-0.4, -0.2) is 111 Å². The molecule has 9 nitrogen and oxygen atoms in total. The number of halogens is 1. The van der Waals surface area contributed by atoms with E-state index in [0.717, 1.165) is 12.8 Å². The summed E-state index contributed by atoms with van der Waals surface area (Å²) in [5, 5.41) is 0. The second kappa shape index (κ2) is 34.5. The number of carbonyl (C=O) groups excluding carboxylic acids is 1. The number of unbranched alkanes of at least 4 members (excludes halogenated alkanes) is 8. The third-order valence-corrected chi connectivity index (χ3v) is 5.58. The lowest BCUT2D eigenvalue weighted by Crippen LogP contribution is -2.15. The van der Waals surface area contributed by atoms with Gasteiger partial charge in [-0.1, -0.05) is 58.3 Å². The molecule has 0 fully saturated rings. The Kier molecular flexibility index (Phi) is 34.0. The molecular formula is C28H55ClO9. The van der Waals surface area contributed by atoms with Crippen molar-refractivity contribution in [2.24, 2.45) is 0 Å². The van der Waals surface area contributed by atoms with Gasteiger partial charge >= 0.3 is 5.97 Å². The average molecular weight is 571 g/mol. The molecule has 0 aliphatic heterocycles. The molecular weight excluding hydrogens is 516 g/mol. The Labute approximate surface area is 236 Å². The van der Waals surface area contributed by atoms with Crippen molar-refractivity contribution >= 4 is 17.6 Å². The highest BCUT2D eigenvalue weighted by Crippen LogP contribution is 2.10. The molecule has 0 spiro atoms. The Balaban J connectivity index is 3.11. The summed E-state index contributed by atoms with van der Waals surface area (Å²) in [5.74, 6) is 0.367. The van der Waals surface area contributed by atoms with Gasteiger partial charge in [0.2, 0.25) is 0 Å². The van der Waals surface area contributed by atoms with E-state index in [1.54, 1.807) is 0 Å². The summed E-state index contributed by atoms with van der Waals surface area (Å²) in [5.41, 5.74) is 0. The SMILES string of the molecule is CCCCCCCCCCCC(=O)OCCOCCOCCOCCOCCOCCOCCOCCCl. The van der Waals surface area contributed by atoms with E-state index in [0.29, 0.717) is 111 Å². The van der Waals surface area contributed by atoms with Crippen LogP contribution in [0, 0.1) is 0 Å². The minimum atomic E-state index is -0.132. The molecule has 0 aromatic rings. The number of hydrogen-bond donors (Lipinski definition) is 0. The molecule has 0 atom stereocenters. The molecule has 228 valence electrons. The van der Waals surface area contributed by atoms with Crippen LogP contribution in [0.1, 0.15) is 71.1 Å². The Morgan fingerprint density at radius 3 is 1.13 bits per heavy atom. The highest BCUT2D eigenvalue weighted by Gasteiger charge is 2.02. The fourth-order valence-corrected chi connectivity index (χ4v) is 3.45. The Morgan fingerprint density at radius 1 is 0.447 bits per heavy atom. The maximum Gasteiger partial charge on any atom is 0.305 e. The van der Waals surface area contributed by atoms with Crippen molar-refractivity contribution in [2.45, 2.75) is 71.1 Å². The van der Waals surface area contributed by atoms with Gasteiger partial charge in [-0.15, -0.1) is 11.6 Å². The van der Waals surface area contributed by atoms with Crippen LogP contribution < -0.4 is 0 Å². The lowest BCUT2D eigenvalue weighted by atomic mass is 10.1. The van der Waals surface area contributed by atoms with E-state index in [1.165, 1.54) is 44.9 Å². The average Bonchev–Trinajstić information content (AvgIpc) is 2.92. The Hall–Kier alpha value is -0.520. The molecule has 0 radical (unpaired) electrons. The second-order valence-electron chi connectivity index (χ2n) is 8.77. The van der Waals surface area contributed by atoms with Crippen molar-refractivity contribution in [2.75, 3.05) is 105 Å². The molecule has 0 saturated heterocycles. The first-order valence-corrected chi connectivity index (χ1v) is 15.1. The molecule has 0 aromatic carbocycles. The molecule has 0 unspecified atom stereocenters. The lowest BCUT2D eigenvalue weighted by Gasteiger charge is -2.08. The standard InChI is InChI=1S/C28H55ClO9/c1-2-3-4-5-6-7-8-9-10-11-28(30)38-27-26-37-25-24-36-23-22-35-21-20-34-19-18-33-17-16-32-15-14-31-13-12-29/h2-27H2,1H3. The monoisotopic (exact) mass is 570 g/mol. The molecule has 0 rings (SSSR count). The molecule has 0 aromatic heterocycles. The minimum absolute atomic E-state index is 0.132. The number of rotatable bonds is 33. The summed E-state index contributed by atoms with van der Waals surface area (Å²) in [6.45, 7) is 9.63. The van der Waals surface area contributed by atoms with Crippen LogP contribution >= 0.6 is 11.6 Å². The fraction of sp³-hybridized carbons (Fsp3) is 0.964. The van der Waals surface area contributed by atoms with Gasteiger partial charge in [-0.3, -0.25) is 4.79 Å². The highest BCUT2D eigenvalue weighted by atomic mass is 35.5. The van der Waals surface area contributed by atoms with Crippen LogP contribution in [0.15, 0.2) is 0 Å². The number of esters is 1. The molecule has 0 bridgehead atoms. The van der Waals surface area contributed by atoms with E-state index in [4.69, 9.17) is 49.5 Å². The van der Waals surface area contributed by atoms with Gasteiger partial charge in [0.05, 0.1) is 92.5 Å². The van der Waals surface area contributed by atoms with Gasteiger partial charge in [0, 0.05) is 12.3 Å². The van der Waals surface area contributed by atoms with E-state index in [9.17, 15) is 4.79 Å². The van der Waals surface area contributed by atoms with E-state index < -0.39 is 0 Å². The zero-order valence-electron chi connectivity index (χ0n) is 23.9.